The molecular formula is C20H21N3O3. The Morgan fingerprint density at radius 3 is 2.50 bits per heavy atom. The molecule has 1 amide bonds. The van der Waals surface area contributed by atoms with E-state index < -0.39 is 17.8 Å². The molecule has 1 heterocycles. The fraction of sp³-hybridized carbons (Fsp3) is 0.350. The van der Waals surface area contributed by atoms with Gasteiger partial charge in [-0.1, -0.05) is 24.3 Å². The van der Waals surface area contributed by atoms with Crippen LogP contribution in [0.2, 0.25) is 0 Å². The Bertz CT molecular complexity index is 842. The number of aliphatic carboxylic acids is 1. The van der Waals surface area contributed by atoms with Crippen molar-refractivity contribution >= 4 is 11.9 Å². The first kappa shape index (κ1) is 16.6. The molecule has 26 heavy (non-hydrogen) atoms. The molecule has 134 valence electrons. The molecule has 0 spiro atoms. The number of fused-ring (bicyclic) bond motifs is 2. The molecule has 2 aliphatic rings. The van der Waals surface area contributed by atoms with Gasteiger partial charge in [-0.3, -0.25) is 9.59 Å². The Morgan fingerprint density at radius 2 is 1.88 bits per heavy atom. The number of carboxylic acids is 1. The molecule has 1 aromatic heterocycles. The van der Waals surface area contributed by atoms with Crippen LogP contribution in [0.3, 0.4) is 0 Å². The molecule has 2 aromatic rings. The van der Waals surface area contributed by atoms with Crippen LogP contribution in [0.25, 0.3) is 5.69 Å². The molecule has 5 atom stereocenters. The lowest BCUT2D eigenvalue weighted by Gasteiger charge is -2.26. The standard InChI is InChI=1S/C20H21N3O3/c1-12(13-4-6-16(7-5-13)23-9-8-21-11-23)22-19(24)17-14-2-3-15(10-14)18(17)20(25)26/h2-9,11-12,14-15,17-18H,10H2,1H3,(H,22,24)(H,25,26)/t12-,14-,15-,17-,18+/m0/s1. The molecule has 1 aromatic carbocycles. The van der Waals surface area contributed by atoms with E-state index in [9.17, 15) is 14.7 Å². The summed E-state index contributed by atoms with van der Waals surface area (Å²) in [5, 5.41) is 12.5. The number of benzene rings is 1. The zero-order chi connectivity index (χ0) is 18.3. The Morgan fingerprint density at radius 1 is 1.19 bits per heavy atom. The molecule has 2 N–H and O–H groups in total. The largest absolute Gasteiger partial charge is 0.481 e. The molecule has 4 rings (SSSR count). The van der Waals surface area contributed by atoms with Crippen LogP contribution in [0.1, 0.15) is 24.9 Å². The van der Waals surface area contributed by atoms with E-state index in [0.717, 1.165) is 17.7 Å². The van der Waals surface area contributed by atoms with Crippen molar-refractivity contribution in [2.75, 3.05) is 0 Å². The number of carbonyl (C=O) groups is 2. The predicted molar refractivity (Wildman–Crippen MR) is 95.5 cm³/mol. The molecule has 1 fully saturated rings. The van der Waals surface area contributed by atoms with Gasteiger partial charge >= 0.3 is 5.97 Å². The summed E-state index contributed by atoms with van der Waals surface area (Å²) in [6, 6.07) is 7.70. The minimum atomic E-state index is -0.876. The van der Waals surface area contributed by atoms with Crippen LogP contribution in [0, 0.1) is 23.7 Å². The van der Waals surface area contributed by atoms with E-state index in [2.05, 4.69) is 10.3 Å². The SMILES string of the molecule is C[C@H](NC(=O)[C@@H]1[C@H](C(=O)O)[C@H]2C=C[C@H]1C2)c1ccc(-n2ccnc2)cc1. The first-order valence-corrected chi connectivity index (χ1v) is 8.84. The number of amides is 1. The molecule has 0 radical (unpaired) electrons. The highest BCUT2D eigenvalue weighted by Gasteiger charge is 2.51. The molecule has 2 bridgehead atoms. The number of carbonyl (C=O) groups excluding carboxylic acids is 1. The summed E-state index contributed by atoms with van der Waals surface area (Å²) in [4.78, 5) is 28.4. The monoisotopic (exact) mass is 351 g/mol. The molecule has 6 nitrogen and oxygen atoms in total. The Labute approximate surface area is 151 Å². The van der Waals surface area contributed by atoms with Crippen molar-refractivity contribution in [3.05, 3.63) is 60.7 Å². The van der Waals surface area contributed by atoms with Crippen molar-refractivity contribution in [1.82, 2.24) is 14.9 Å². The van der Waals surface area contributed by atoms with Gasteiger partial charge in [0.1, 0.15) is 0 Å². The number of aromatic nitrogens is 2. The van der Waals surface area contributed by atoms with E-state index in [4.69, 9.17) is 0 Å². The van der Waals surface area contributed by atoms with Gasteiger partial charge in [0, 0.05) is 18.1 Å². The van der Waals surface area contributed by atoms with Gasteiger partial charge in [0.2, 0.25) is 5.91 Å². The fourth-order valence-electron chi connectivity index (χ4n) is 4.26. The maximum absolute atomic E-state index is 12.8. The minimum Gasteiger partial charge on any atom is -0.481 e. The van der Waals surface area contributed by atoms with Gasteiger partial charge in [-0.25, -0.2) is 4.98 Å². The number of imidazole rings is 1. The number of rotatable bonds is 5. The molecule has 2 aliphatic carbocycles. The molecule has 6 heteroatoms. The third kappa shape index (κ3) is 2.81. The van der Waals surface area contributed by atoms with Gasteiger partial charge in [0.05, 0.1) is 24.2 Å². The van der Waals surface area contributed by atoms with E-state index >= 15 is 0 Å². The normalized spacial score (nSPS) is 27.4. The Kier molecular flexibility index (Phi) is 4.11. The Hall–Kier alpha value is -2.89. The van der Waals surface area contributed by atoms with Crippen LogP contribution in [-0.2, 0) is 9.59 Å². The number of nitrogens with zero attached hydrogens (tertiary/aromatic N) is 2. The van der Waals surface area contributed by atoms with E-state index in [1.54, 1.807) is 12.5 Å². The molecule has 0 aliphatic heterocycles. The summed E-state index contributed by atoms with van der Waals surface area (Å²) in [5.41, 5.74) is 1.97. The summed E-state index contributed by atoms with van der Waals surface area (Å²) in [7, 11) is 0. The number of nitrogens with one attached hydrogen (secondary N) is 1. The van der Waals surface area contributed by atoms with Crippen LogP contribution >= 0.6 is 0 Å². The number of carboxylic acid groups (broad SMARTS) is 1. The molecule has 0 unspecified atom stereocenters. The molecule has 0 saturated heterocycles. The Balaban J connectivity index is 1.46. The molecular weight excluding hydrogens is 330 g/mol. The van der Waals surface area contributed by atoms with Crippen molar-refractivity contribution < 1.29 is 14.7 Å². The lowest BCUT2D eigenvalue weighted by molar-refractivity contribution is -0.148. The number of allylic oxidation sites excluding steroid dienone is 2. The van der Waals surface area contributed by atoms with Gasteiger partial charge in [0.25, 0.3) is 0 Å². The van der Waals surface area contributed by atoms with Gasteiger partial charge < -0.3 is 15.0 Å². The maximum Gasteiger partial charge on any atom is 0.307 e. The van der Waals surface area contributed by atoms with Crippen molar-refractivity contribution in [3.63, 3.8) is 0 Å². The number of hydrogen-bond donors (Lipinski definition) is 2. The first-order valence-electron chi connectivity index (χ1n) is 8.84. The third-order valence-electron chi connectivity index (χ3n) is 5.60. The summed E-state index contributed by atoms with van der Waals surface area (Å²) in [6.45, 7) is 1.92. The quantitative estimate of drug-likeness (QED) is 0.811. The highest BCUT2D eigenvalue weighted by atomic mass is 16.4. The van der Waals surface area contributed by atoms with Gasteiger partial charge in [-0.05, 0) is 42.9 Å². The van der Waals surface area contributed by atoms with Crippen molar-refractivity contribution in [2.45, 2.75) is 19.4 Å². The average Bonchev–Trinajstić information content (AvgIpc) is 3.37. The summed E-state index contributed by atoms with van der Waals surface area (Å²) >= 11 is 0. The lowest BCUT2D eigenvalue weighted by atomic mass is 9.82. The van der Waals surface area contributed by atoms with Crippen molar-refractivity contribution in [1.29, 1.82) is 0 Å². The highest BCUT2D eigenvalue weighted by molar-refractivity contribution is 5.87. The third-order valence-corrected chi connectivity index (χ3v) is 5.60. The van der Waals surface area contributed by atoms with E-state index in [1.807, 2.05) is 54.1 Å². The summed E-state index contributed by atoms with van der Waals surface area (Å²) in [5.74, 6) is -2.11. The van der Waals surface area contributed by atoms with Crippen molar-refractivity contribution in [3.8, 4) is 5.69 Å². The van der Waals surface area contributed by atoms with Crippen molar-refractivity contribution in [2.24, 2.45) is 23.7 Å². The zero-order valence-corrected chi connectivity index (χ0v) is 14.4. The van der Waals surface area contributed by atoms with E-state index in [-0.39, 0.29) is 23.8 Å². The second-order valence-electron chi connectivity index (χ2n) is 7.13. The van der Waals surface area contributed by atoms with E-state index in [0.29, 0.717) is 0 Å². The minimum absolute atomic E-state index is 0.0157. The van der Waals surface area contributed by atoms with Crippen LogP contribution in [0.4, 0.5) is 0 Å². The highest BCUT2D eigenvalue weighted by Crippen LogP contribution is 2.48. The summed E-state index contributed by atoms with van der Waals surface area (Å²) < 4.78 is 1.91. The van der Waals surface area contributed by atoms with Crippen LogP contribution in [-0.4, -0.2) is 26.5 Å². The van der Waals surface area contributed by atoms with Crippen LogP contribution in [0.5, 0.6) is 0 Å². The smallest absolute Gasteiger partial charge is 0.307 e. The maximum atomic E-state index is 12.8. The second-order valence-corrected chi connectivity index (χ2v) is 7.13. The molecule has 1 saturated carbocycles. The van der Waals surface area contributed by atoms with Gasteiger partial charge in [-0.15, -0.1) is 0 Å². The average molecular weight is 351 g/mol. The van der Waals surface area contributed by atoms with E-state index in [1.165, 1.54) is 0 Å². The summed E-state index contributed by atoms with van der Waals surface area (Å²) in [6.07, 6.45) is 10.0. The lowest BCUT2D eigenvalue weighted by Crippen LogP contribution is -2.41. The first-order chi connectivity index (χ1) is 12.5. The number of hydrogen-bond acceptors (Lipinski definition) is 3. The van der Waals surface area contributed by atoms with Crippen LogP contribution in [0.15, 0.2) is 55.1 Å². The zero-order valence-electron chi connectivity index (χ0n) is 14.4. The van der Waals surface area contributed by atoms with Crippen LogP contribution < -0.4 is 5.32 Å². The topological polar surface area (TPSA) is 84.2 Å². The van der Waals surface area contributed by atoms with Gasteiger partial charge in [-0.2, -0.15) is 0 Å². The second kappa shape index (κ2) is 6.44. The fourth-order valence-corrected chi connectivity index (χ4v) is 4.26. The van der Waals surface area contributed by atoms with Gasteiger partial charge in [0.15, 0.2) is 0 Å². The predicted octanol–water partition coefficient (Wildman–Crippen LogP) is 2.57.